The van der Waals surface area contributed by atoms with E-state index in [1.165, 1.54) is 0 Å². The lowest BCUT2D eigenvalue weighted by molar-refractivity contribution is -0.122. The molecule has 0 spiro atoms. The minimum atomic E-state index is -3.06. The van der Waals surface area contributed by atoms with Gasteiger partial charge in [-0.1, -0.05) is 6.92 Å². The molecule has 0 aromatic rings. The van der Waals surface area contributed by atoms with Crippen molar-refractivity contribution in [3.8, 4) is 0 Å². The predicted octanol–water partition coefficient (Wildman–Crippen LogP) is -0.727. The second kappa shape index (κ2) is 5.31. The molecule has 14 heavy (non-hydrogen) atoms. The molecule has 0 bridgehead atoms. The SMILES string of the molecule is CC[C@H](N)C(=O)NC(C)CS(C)(=O)=O. The summed E-state index contributed by atoms with van der Waals surface area (Å²) in [6.45, 7) is 3.44. The molecule has 0 aliphatic heterocycles. The Balaban J connectivity index is 4.07. The van der Waals surface area contributed by atoms with Gasteiger partial charge in [-0.25, -0.2) is 8.42 Å². The van der Waals surface area contributed by atoms with Crippen molar-refractivity contribution in [2.45, 2.75) is 32.4 Å². The van der Waals surface area contributed by atoms with Gasteiger partial charge in [0.25, 0.3) is 0 Å². The zero-order valence-electron chi connectivity index (χ0n) is 8.78. The molecular formula is C8H18N2O3S. The van der Waals surface area contributed by atoms with Gasteiger partial charge < -0.3 is 11.1 Å². The van der Waals surface area contributed by atoms with Gasteiger partial charge in [-0.2, -0.15) is 0 Å². The van der Waals surface area contributed by atoms with Crippen LogP contribution in [0.1, 0.15) is 20.3 Å². The normalized spacial score (nSPS) is 16.0. The van der Waals surface area contributed by atoms with Gasteiger partial charge >= 0.3 is 0 Å². The van der Waals surface area contributed by atoms with Crippen LogP contribution in [0.4, 0.5) is 0 Å². The Morgan fingerprint density at radius 1 is 1.50 bits per heavy atom. The highest BCUT2D eigenvalue weighted by Crippen LogP contribution is 1.92. The van der Waals surface area contributed by atoms with E-state index in [2.05, 4.69) is 5.32 Å². The zero-order chi connectivity index (χ0) is 11.4. The third-order valence-corrected chi connectivity index (χ3v) is 2.82. The minimum absolute atomic E-state index is 0.0603. The zero-order valence-corrected chi connectivity index (χ0v) is 9.60. The first-order chi connectivity index (χ1) is 6.26. The molecule has 0 saturated heterocycles. The maximum atomic E-state index is 11.2. The summed E-state index contributed by atoms with van der Waals surface area (Å²) in [5.74, 6) is -0.363. The molecule has 84 valence electrons. The number of carbonyl (C=O) groups is 1. The lowest BCUT2D eigenvalue weighted by atomic mass is 10.2. The van der Waals surface area contributed by atoms with Crippen molar-refractivity contribution in [2.75, 3.05) is 12.0 Å². The van der Waals surface area contributed by atoms with E-state index < -0.39 is 21.9 Å². The van der Waals surface area contributed by atoms with Gasteiger partial charge in [0.05, 0.1) is 11.8 Å². The van der Waals surface area contributed by atoms with E-state index in [1.54, 1.807) is 13.8 Å². The van der Waals surface area contributed by atoms with Crippen LogP contribution in [0.25, 0.3) is 0 Å². The summed E-state index contributed by atoms with van der Waals surface area (Å²) in [5, 5.41) is 2.54. The van der Waals surface area contributed by atoms with Crippen LogP contribution < -0.4 is 11.1 Å². The van der Waals surface area contributed by atoms with E-state index in [1.807, 2.05) is 0 Å². The van der Waals surface area contributed by atoms with Crippen LogP contribution in [-0.4, -0.2) is 38.4 Å². The Bertz CT molecular complexity index is 287. The molecule has 1 amide bonds. The molecule has 6 heteroatoms. The van der Waals surface area contributed by atoms with E-state index in [0.717, 1.165) is 6.26 Å². The van der Waals surface area contributed by atoms with Gasteiger partial charge in [-0.15, -0.1) is 0 Å². The van der Waals surface area contributed by atoms with Crippen molar-refractivity contribution in [3.63, 3.8) is 0 Å². The van der Waals surface area contributed by atoms with Crippen LogP contribution in [0.2, 0.25) is 0 Å². The molecule has 3 N–H and O–H groups in total. The summed E-state index contributed by atoms with van der Waals surface area (Å²) in [6, 6.07) is -0.952. The third-order valence-electron chi connectivity index (χ3n) is 1.72. The minimum Gasteiger partial charge on any atom is -0.351 e. The second-order valence-electron chi connectivity index (χ2n) is 3.52. The quantitative estimate of drug-likeness (QED) is 0.642. The third kappa shape index (κ3) is 5.93. The van der Waals surface area contributed by atoms with Crippen molar-refractivity contribution in [1.29, 1.82) is 0 Å². The summed E-state index contributed by atoms with van der Waals surface area (Å²) in [7, 11) is -3.06. The molecular weight excluding hydrogens is 204 g/mol. The number of amides is 1. The average Bonchev–Trinajstić information content (AvgIpc) is 1.99. The Hall–Kier alpha value is -0.620. The fraction of sp³-hybridized carbons (Fsp3) is 0.875. The van der Waals surface area contributed by atoms with Crippen molar-refractivity contribution in [2.24, 2.45) is 5.73 Å². The number of hydrogen-bond donors (Lipinski definition) is 2. The fourth-order valence-electron chi connectivity index (χ4n) is 1.03. The summed E-state index contributed by atoms with van der Waals surface area (Å²) < 4.78 is 21.8. The highest BCUT2D eigenvalue weighted by Gasteiger charge is 2.16. The Labute approximate surface area is 85.0 Å². The summed E-state index contributed by atoms with van der Waals surface area (Å²) in [4.78, 5) is 11.2. The van der Waals surface area contributed by atoms with Crippen LogP contribution in [0.15, 0.2) is 0 Å². The number of sulfone groups is 1. The molecule has 0 fully saturated rings. The molecule has 0 saturated carbocycles. The molecule has 1 unspecified atom stereocenters. The van der Waals surface area contributed by atoms with Crippen LogP contribution in [-0.2, 0) is 14.6 Å². The first-order valence-electron chi connectivity index (χ1n) is 4.50. The second-order valence-corrected chi connectivity index (χ2v) is 5.70. The van der Waals surface area contributed by atoms with Crippen molar-refractivity contribution >= 4 is 15.7 Å². The first-order valence-corrected chi connectivity index (χ1v) is 6.56. The number of rotatable bonds is 5. The average molecular weight is 222 g/mol. The molecule has 0 aliphatic rings. The summed E-state index contributed by atoms with van der Waals surface area (Å²) in [6.07, 6.45) is 1.67. The monoisotopic (exact) mass is 222 g/mol. The Morgan fingerprint density at radius 2 is 2.00 bits per heavy atom. The molecule has 5 nitrogen and oxygen atoms in total. The van der Waals surface area contributed by atoms with Crippen molar-refractivity contribution in [1.82, 2.24) is 5.32 Å². The molecule has 0 aromatic heterocycles. The summed E-state index contributed by atoms with van der Waals surface area (Å²) in [5.41, 5.74) is 5.47. The maximum absolute atomic E-state index is 11.2. The number of carbonyl (C=O) groups excluding carboxylic acids is 1. The van der Waals surface area contributed by atoms with Crippen LogP contribution >= 0.6 is 0 Å². The van der Waals surface area contributed by atoms with E-state index in [4.69, 9.17) is 5.73 Å². The fourth-order valence-corrected chi connectivity index (χ4v) is 2.02. The molecule has 0 radical (unpaired) electrons. The lowest BCUT2D eigenvalue weighted by Gasteiger charge is -2.15. The molecule has 0 rings (SSSR count). The molecule has 0 heterocycles. The van der Waals surface area contributed by atoms with Gasteiger partial charge in [-0.05, 0) is 13.3 Å². The summed E-state index contributed by atoms with van der Waals surface area (Å²) >= 11 is 0. The van der Waals surface area contributed by atoms with E-state index in [0.29, 0.717) is 6.42 Å². The molecule has 0 aromatic carbocycles. The highest BCUT2D eigenvalue weighted by atomic mass is 32.2. The standard InChI is InChI=1S/C8H18N2O3S/c1-4-7(9)8(11)10-6(2)5-14(3,12)13/h6-7H,4-5,9H2,1-3H3,(H,10,11)/t6?,7-/m0/s1. The van der Waals surface area contributed by atoms with Gasteiger partial charge in [0.1, 0.15) is 9.84 Å². The topological polar surface area (TPSA) is 89.3 Å². The smallest absolute Gasteiger partial charge is 0.237 e. The molecule has 0 aliphatic carbocycles. The largest absolute Gasteiger partial charge is 0.351 e. The van der Waals surface area contributed by atoms with E-state index in [-0.39, 0.29) is 11.7 Å². The first kappa shape index (κ1) is 13.4. The number of nitrogens with one attached hydrogen (secondary N) is 1. The van der Waals surface area contributed by atoms with Gasteiger partial charge in [0.2, 0.25) is 5.91 Å². The van der Waals surface area contributed by atoms with Gasteiger partial charge in [0.15, 0.2) is 0 Å². The molecule has 2 atom stereocenters. The van der Waals surface area contributed by atoms with Crippen LogP contribution in [0.3, 0.4) is 0 Å². The van der Waals surface area contributed by atoms with Crippen molar-refractivity contribution < 1.29 is 13.2 Å². The number of hydrogen-bond acceptors (Lipinski definition) is 4. The number of nitrogens with two attached hydrogens (primary N) is 1. The Kier molecular flexibility index (Phi) is 5.07. The van der Waals surface area contributed by atoms with Crippen LogP contribution in [0, 0.1) is 0 Å². The Morgan fingerprint density at radius 3 is 2.36 bits per heavy atom. The lowest BCUT2D eigenvalue weighted by Crippen LogP contribution is -2.46. The van der Waals surface area contributed by atoms with E-state index >= 15 is 0 Å². The highest BCUT2D eigenvalue weighted by molar-refractivity contribution is 7.90. The van der Waals surface area contributed by atoms with Crippen LogP contribution in [0.5, 0.6) is 0 Å². The predicted molar refractivity (Wildman–Crippen MR) is 55.6 cm³/mol. The van der Waals surface area contributed by atoms with Crippen molar-refractivity contribution in [3.05, 3.63) is 0 Å². The van der Waals surface area contributed by atoms with E-state index in [9.17, 15) is 13.2 Å². The maximum Gasteiger partial charge on any atom is 0.237 e. The van der Waals surface area contributed by atoms with Gasteiger partial charge in [0, 0.05) is 12.3 Å². The van der Waals surface area contributed by atoms with Gasteiger partial charge in [-0.3, -0.25) is 4.79 Å².